The van der Waals surface area contributed by atoms with Gasteiger partial charge in [-0.1, -0.05) is 11.6 Å². The van der Waals surface area contributed by atoms with Crippen LogP contribution < -0.4 is 4.90 Å². The van der Waals surface area contributed by atoms with Crippen molar-refractivity contribution in [1.82, 2.24) is 9.97 Å². The van der Waals surface area contributed by atoms with E-state index in [0.717, 1.165) is 31.6 Å². The highest BCUT2D eigenvalue weighted by Gasteiger charge is 2.27. The van der Waals surface area contributed by atoms with E-state index in [9.17, 15) is 5.11 Å². The third-order valence-corrected chi connectivity index (χ3v) is 3.39. The van der Waals surface area contributed by atoms with Crippen molar-refractivity contribution in [2.45, 2.75) is 45.3 Å². The molecule has 0 bridgehead atoms. The molecule has 1 fully saturated rings. The van der Waals surface area contributed by atoms with Crippen molar-refractivity contribution in [2.24, 2.45) is 0 Å². The van der Waals surface area contributed by atoms with Crippen LogP contribution >= 0.6 is 11.6 Å². The maximum atomic E-state index is 9.83. The van der Waals surface area contributed by atoms with Gasteiger partial charge in [-0.25, -0.2) is 9.97 Å². The van der Waals surface area contributed by atoms with Gasteiger partial charge in [-0.05, 0) is 33.1 Å². The summed E-state index contributed by atoms with van der Waals surface area (Å²) in [4.78, 5) is 10.6. The first kappa shape index (κ1) is 12.6. The minimum atomic E-state index is -0.357. The molecule has 0 amide bonds. The lowest BCUT2D eigenvalue weighted by Gasteiger charge is -2.38. The van der Waals surface area contributed by atoms with E-state index >= 15 is 0 Å². The van der Waals surface area contributed by atoms with Crippen LogP contribution in [0.3, 0.4) is 0 Å². The van der Waals surface area contributed by atoms with Crippen molar-refractivity contribution in [3.05, 3.63) is 17.0 Å². The van der Waals surface area contributed by atoms with Crippen molar-refractivity contribution < 1.29 is 5.11 Å². The average Bonchev–Trinajstić information content (AvgIpc) is 2.27. The largest absolute Gasteiger partial charge is 0.391 e. The molecule has 2 rings (SSSR count). The number of aryl methyl sites for hydroxylation is 1. The SMILES string of the molecule is Cc1nc(Cl)cc(N2CCCCC2C(C)O)n1. The average molecular weight is 256 g/mol. The summed E-state index contributed by atoms with van der Waals surface area (Å²) in [6, 6.07) is 1.91. The van der Waals surface area contributed by atoms with Crippen LogP contribution in [0, 0.1) is 6.92 Å². The topological polar surface area (TPSA) is 49.2 Å². The lowest BCUT2D eigenvalue weighted by molar-refractivity contribution is 0.145. The fourth-order valence-corrected chi connectivity index (χ4v) is 2.63. The first-order chi connectivity index (χ1) is 8.08. The fraction of sp³-hybridized carbons (Fsp3) is 0.667. The second-order valence-corrected chi connectivity index (χ2v) is 4.98. The summed E-state index contributed by atoms with van der Waals surface area (Å²) in [5.41, 5.74) is 0. The van der Waals surface area contributed by atoms with E-state index in [1.54, 1.807) is 6.07 Å². The van der Waals surface area contributed by atoms with Gasteiger partial charge in [0.1, 0.15) is 16.8 Å². The number of nitrogens with zero attached hydrogens (tertiary/aromatic N) is 3. The Morgan fingerprint density at radius 2 is 2.24 bits per heavy atom. The number of piperidine rings is 1. The Morgan fingerprint density at radius 1 is 1.47 bits per heavy atom. The number of aromatic nitrogens is 2. The van der Waals surface area contributed by atoms with E-state index in [1.165, 1.54) is 0 Å². The van der Waals surface area contributed by atoms with Crippen molar-refractivity contribution >= 4 is 17.4 Å². The number of anilines is 1. The van der Waals surface area contributed by atoms with Crippen LogP contribution in [0.25, 0.3) is 0 Å². The second-order valence-electron chi connectivity index (χ2n) is 4.59. The highest BCUT2D eigenvalue weighted by molar-refractivity contribution is 6.29. The van der Waals surface area contributed by atoms with Crippen LogP contribution in [-0.2, 0) is 0 Å². The van der Waals surface area contributed by atoms with Crippen molar-refractivity contribution in [1.29, 1.82) is 0 Å². The van der Waals surface area contributed by atoms with Gasteiger partial charge < -0.3 is 10.0 Å². The van der Waals surface area contributed by atoms with Crippen LogP contribution in [0.4, 0.5) is 5.82 Å². The maximum absolute atomic E-state index is 9.83. The van der Waals surface area contributed by atoms with Gasteiger partial charge in [-0.15, -0.1) is 0 Å². The van der Waals surface area contributed by atoms with Crippen molar-refractivity contribution in [3.63, 3.8) is 0 Å². The Hall–Kier alpha value is -0.870. The molecule has 0 aliphatic carbocycles. The molecule has 1 aromatic rings. The third-order valence-electron chi connectivity index (χ3n) is 3.19. The highest BCUT2D eigenvalue weighted by atomic mass is 35.5. The van der Waals surface area contributed by atoms with E-state index in [-0.39, 0.29) is 12.1 Å². The third kappa shape index (κ3) is 2.87. The van der Waals surface area contributed by atoms with Gasteiger partial charge in [0.15, 0.2) is 0 Å². The molecule has 5 heteroatoms. The van der Waals surface area contributed by atoms with Gasteiger partial charge in [0.2, 0.25) is 0 Å². The van der Waals surface area contributed by atoms with Gasteiger partial charge >= 0.3 is 0 Å². The molecule has 1 aromatic heterocycles. The Labute approximate surface area is 107 Å². The summed E-state index contributed by atoms with van der Waals surface area (Å²) < 4.78 is 0. The molecule has 1 aliphatic heterocycles. The summed E-state index contributed by atoms with van der Waals surface area (Å²) in [5, 5.41) is 10.3. The Morgan fingerprint density at radius 3 is 2.88 bits per heavy atom. The zero-order valence-electron chi connectivity index (χ0n) is 10.2. The molecule has 17 heavy (non-hydrogen) atoms. The standard InChI is InChI=1S/C12H18ClN3O/c1-8(17)10-5-3-4-6-16(10)12-7-11(13)14-9(2)15-12/h7-8,10,17H,3-6H2,1-2H3. The molecule has 1 N–H and O–H groups in total. The first-order valence-corrected chi connectivity index (χ1v) is 6.41. The number of hydrogen-bond acceptors (Lipinski definition) is 4. The summed E-state index contributed by atoms with van der Waals surface area (Å²) in [6.45, 7) is 4.58. The number of halogens is 1. The van der Waals surface area contributed by atoms with Gasteiger partial charge in [0.05, 0.1) is 12.1 Å². The highest BCUT2D eigenvalue weighted by Crippen LogP contribution is 2.26. The second kappa shape index (κ2) is 5.19. The lowest BCUT2D eigenvalue weighted by Crippen LogP contribution is -2.46. The molecule has 1 saturated heterocycles. The quantitative estimate of drug-likeness (QED) is 0.823. The zero-order valence-corrected chi connectivity index (χ0v) is 11.0. The van der Waals surface area contributed by atoms with Crippen LogP contribution in [0.1, 0.15) is 32.0 Å². The molecular formula is C12H18ClN3O. The molecule has 1 aliphatic rings. The van der Waals surface area contributed by atoms with Gasteiger partial charge in [-0.3, -0.25) is 0 Å². The molecule has 0 aromatic carbocycles. The molecular weight excluding hydrogens is 238 g/mol. The van der Waals surface area contributed by atoms with E-state index in [2.05, 4.69) is 14.9 Å². The predicted molar refractivity (Wildman–Crippen MR) is 68.4 cm³/mol. The Bertz CT molecular complexity index is 377. The van der Waals surface area contributed by atoms with E-state index in [4.69, 9.17) is 11.6 Å². The van der Waals surface area contributed by atoms with Crippen LogP contribution in [0.5, 0.6) is 0 Å². The molecule has 94 valence electrons. The molecule has 2 unspecified atom stereocenters. The molecule has 0 spiro atoms. The minimum absolute atomic E-state index is 0.133. The summed E-state index contributed by atoms with van der Waals surface area (Å²) >= 11 is 5.96. The molecule has 4 nitrogen and oxygen atoms in total. The Kier molecular flexibility index (Phi) is 3.84. The van der Waals surface area contributed by atoms with E-state index < -0.39 is 0 Å². The van der Waals surface area contributed by atoms with Gasteiger partial charge in [-0.2, -0.15) is 0 Å². The van der Waals surface area contributed by atoms with Crippen molar-refractivity contribution in [2.75, 3.05) is 11.4 Å². The fourth-order valence-electron chi connectivity index (χ4n) is 2.41. The number of rotatable bonds is 2. The van der Waals surface area contributed by atoms with Crippen molar-refractivity contribution in [3.8, 4) is 0 Å². The smallest absolute Gasteiger partial charge is 0.134 e. The summed E-state index contributed by atoms with van der Waals surface area (Å²) in [6.07, 6.45) is 2.93. The summed E-state index contributed by atoms with van der Waals surface area (Å²) in [7, 11) is 0. The number of hydrogen-bond donors (Lipinski definition) is 1. The predicted octanol–water partition coefficient (Wildman–Crippen LogP) is 2.18. The van der Waals surface area contributed by atoms with Gasteiger partial charge in [0.25, 0.3) is 0 Å². The summed E-state index contributed by atoms with van der Waals surface area (Å²) in [5.74, 6) is 1.50. The number of aliphatic hydroxyl groups is 1. The molecule has 0 radical (unpaired) electrons. The Balaban J connectivity index is 2.29. The van der Waals surface area contributed by atoms with Crippen LogP contribution in [-0.4, -0.2) is 33.8 Å². The van der Waals surface area contributed by atoms with E-state index in [0.29, 0.717) is 11.0 Å². The zero-order chi connectivity index (χ0) is 12.4. The normalized spacial score (nSPS) is 22.6. The molecule has 2 atom stereocenters. The minimum Gasteiger partial charge on any atom is -0.391 e. The maximum Gasteiger partial charge on any atom is 0.134 e. The lowest BCUT2D eigenvalue weighted by atomic mass is 9.98. The molecule has 2 heterocycles. The molecule has 0 saturated carbocycles. The number of aliphatic hydroxyl groups excluding tert-OH is 1. The van der Waals surface area contributed by atoms with E-state index in [1.807, 2.05) is 13.8 Å². The van der Waals surface area contributed by atoms with Gasteiger partial charge in [0, 0.05) is 12.6 Å². The van der Waals surface area contributed by atoms with Crippen LogP contribution in [0.15, 0.2) is 6.07 Å². The van der Waals surface area contributed by atoms with Crippen LogP contribution in [0.2, 0.25) is 5.15 Å². The first-order valence-electron chi connectivity index (χ1n) is 6.04. The monoisotopic (exact) mass is 255 g/mol.